The number of hydrogen-bond acceptors (Lipinski definition) is 4. The van der Waals surface area contributed by atoms with Crippen molar-refractivity contribution in [2.45, 2.75) is 19.4 Å². The summed E-state index contributed by atoms with van der Waals surface area (Å²) in [5.74, 6) is 0.486. The Morgan fingerprint density at radius 3 is 2.67 bits per heavy atom. The second-order valence-corrected chi connectivity index (χ2v) is 10.7. The Bertz CT molecular complexity index is 1410. The normalized spacial score (nSPS) is 14.2. The summed E-state index contributed by atoms with van der Waals surface area (Å²) in [6, 6.07) is 21.9. The maximum Gasteiger partial charge on any atom is 0.228 e. The molecule has 0 radical (unpaired) electrons. The van der Waals surface area contributed by atoms with Gasteiger partial charge in [-0.2, -0.15) is 4.31 Å². The summed E-state index contributed by atoms with van der Waals surface area (Å²) in [5, 5.41) is 0.582. The molecule has 168 valence electrons. The van der Waals surface area contributed by atoms with Crippen LogP contribution in [0.25, 0.3) is 22.7 Å². The van der Waals surface area contributed by atoms with Gasteiger partial charge in [0.15, 0.2) is 0 Å². The summed E-state index contributed by atoms with van der Waals surface area (Å²) in [4.78, 5) is 4.65. The molecule has 1 aromatic heterocycles. The second kappa shape index (κ2) is 8.78. The van der Waals surface area contributed by atoms with E-state index in [1.807, 2.05) is 60.7 Å². The Morgan fingerprint density at radius 1 is 1.06 bits per heavy atom. The van der Waals surface area contributed by atoms with E-state index in [2.05, 4.69) is 11.1 Å². The minimum atomic E-state index is -3.20. The number of nitrogens with zero attached hydrogens (tertiary/aromatic N) is 2. The van der Waals surface area contributed by atoms with Crippen LogP contribution in [0.4, 0.5) is 0 Å². The number of oxazole rings is 1. The molecule has 0 saturated carbocycles. The lowest BCUT2D eigenvalue weighted by molar-refractivity contribution is 0.394. The van der Waals surface area contributed by atoms with Crippen molar-refractivity contribution < 1.29 is 12.8 Å². The lowest BCUT2D eigenvalue weighted by Gasteiger charge is -2.28. The molecule has 3 aromatic carbocycles. The van der Waals surface area contributed by atoms with Crippen LogP contribution < -0.4 is 0 Å². The monoisotopic (exact) mass is 478 g/mol. The van der Waals surface area contributed by atoms with Gasteiger partial charge in [-0.3, -0.25) is 0 Å². The summed E-state index contributed by atoms with van der Waals surface area (Å²) in [6.45, 7) is 0.930. The van der Waals surface area contributed by atoms with Gasteiger partial charge in [0.25, 0.3) is 0 Å². The first kappa shape index (κ1) is 21.9. The van der Waals surface area contributed by atoms with Crippen LogP contribution in [0, 0.1) is 0 Å². The highest BCUT2D eigenvalue weighted by molar-refractivity contribution is 7.88. The van der Waals surface area contributed by atoms with Crippen LogP contribution in [0.3, 0.4) is 0 Å². The topological polar surface area (TPSA) is 63.4 Å². The van der Waals surface area contributed by atoms with Crippen LogP contribution in [0.5, 0.6) is 0 Å². The molecule has 0 atom stereocenters. The molecule has 5 rings (SSSR count). The first-order chi connectivity index (χ1) is 15.9. The highest BCUT2D eigenvalue weighted by atomic mass is 35.5. The van der Waals surface area contributed by atoms with Gasteiger partial charge in [0.2, 0.25) is 15.9 Å². The fourth-order valence-corrected chi connectivity index (χ4v) is 5.31. The fourth-order valence-electron chi connectivity index (χ4n) is 4.32. The highest BCUT2D eigenvalue weighted by Crippen LogP contribution is 2.32. The van der Waals surface area contributed by atoms with E-state index < -0.39 is 10.0 Å². The molecule has 7 heteroatoms. The van der Waals surface area contributed by atoms with Crippen molar-refractivity contribution in [1.29, 1.82) is 0 Å². The zero-order chi connectivity index (χ0) is 23.0. The van der Waals surface area contributed by atoms with Crippen molar-refractivity contribution in [2.75, 3.05) is 12.8 Å². The first-order valence-corrected chi connectivity index (χ1v) is 13.0. The molecule has 0 spiro atoms. The third kappa shape index (κ3) is 4.60. The van der Waals surface area contributed by atoms with E-state index in [1.54, 1.807) is 6.26 Å². The molecule has 0 bridgehead atoms. The molecule has 1 aliphatic heterocycles. The number of benzene rings is 3. The number of aromatic nitrogens is 1. The first-order valence-electron chi connectivity index (χ1n) is 10.7. The average molecular weight is 479 g/mol. The summed E-state index contributed by atoms with van der Waals surface area (Å²) in [5.41, 5.74) is 7.09. The molecule has 0 N–H and O–H groups in total. The van der Waals surface area contributed by atoms with E-state index in [4.69, 9.17) is 16.0 Å². The summed E-state index contributed by atoms with van der Waals surface area (Å²) < 4.78 is 31.2. The van der Waals surface area contributed by atoms with Gasteiger partial charge < -0.3 is 4.42 Å². The van der Waals surface area contributed by atoms with E-state index in [9.17, 15) is 8.42 Å². The summed E-state index contributed by atoms with van der Waals surface area (Å²) in [7, 11) is -3.20. The molecule has 0 amide bonds. The van der Waals surface area contributed by atoms with E-state index in [-0.39, 0.29) is 0 Å². The molecule has 0 unspecified atom stereocenters. The predicted molar refractivity (Wildman–Crippen MR) is 131 cm³/mol. The largest absolute Gasteiger partial charge is 0.444 e. The summed E-state index contributed by atoms with van der Waals surface area (Å²) in [6.07, 6.45) is 4.34. The Kier molecular flexibility index (Phi) is 5.83. The maximum absolute atomic E-state index is 12.0. The quantitative estimate of drug-likeness (QED) is 0.376. The van der Waals surface area contributed by atoms with E-state index in [1.165, 1.54) is 21.7 Å². The Balaban J connectivity index is 1.43. The third-order valence-corrected chi connectivity index (χ3v) is 7.61. The van der Waals surface area contributed by atoms with Crippen molar-refractivity contribution in [3.63, 3.8) is 0 Å². The van der Waals surface area contributed by atoms with Gasteiger partial charge in [-0.25, -0.2) is 13.4 Å². The van der Waals surface area contributed by atoms with Gasteiger partial charge in [-0.15, -0.1) is 0 Å². The molecule has 0 aliphatic carbocycles. The standard InChI is InChI=1S/C26H23ClN2O3S/c1-33(30,31)29-13-12-22-20(8-5-9-21(22)16-29)14-18-10-11-24(27)23(15-18)26-28-25(17-32-26)19-6-3-2-4-7-19/h2-11,15,17H,12-14,16H2,1H3. The zero-order valence-electron chi connectivity index (χ0n) is 18.2. The van der Waals surface area contributed by atoms with Gasteiger partial charge in [0.05, 0.1) is 16.8 Å². The second-order valence-electron chi connectivity index (χ2n) is 8.30. The van der Waals surface area contributed by atoms with Gasteiger partial charge >= 0.3 is 0 Å². The van der Waals surface area contributed by atoms with Gasteiger partial charge in [-0.05, 0) is 47.2 Å². The zero-order valence-corrected chi connectivity index (χ0v) is 19.7. The van der Waals surface area contributed by atoms with Crippen LogP contribution in [0.15, 0.2) is 77.4 Å². The Hall–Kier alpha value is -2.93. The number of fused-ring (bicyclic) bond motifs is 1. The molecule has 0 fully saturated rings. The van der Waals surface area contributed by atoms with Gasteiger partial charge in [0.1, 0.15) is 12.0 Å². The van der Waals surface area contributed by atoms with Crippen molar-refractivity contribution in [3.8, 4) is 22.7 Å². The van der Waals surface area contributed by atoms with Crippen molar-refractivity contribution in [2.24, 2.45) is 0 Å². The summed E-state index contributed by atoms with van der Waals surface area (Å²) >= 11 is 6.50. The lowest BCUT2D eigenvalue weighted by Crippen LogP contribution is -2.35. The lowest BCUT2D eigenvalue weighted by atomic mass is 9.91. The van der Waals surface area contributed by atoms with Crippen molar-refractivity contribution in [1.82, 2.24) is 9.29 Å². The molecule has 2 heterocycles. The molecule has 0 saturated heterocycles. The van der Waals surface area contributed by atoms with E-state index in [0.29, 0.717) is 30.4 Å². The van der Waals surface area contributed by atoms with E-state index in [0.717, 1.165) is 34.4 Å². The molecule has 5 nitrogen and oxygen atoms in total. The number of hydrogen-bond donors (Lipinski definition) is 0. The molecule has 1 aliphatic rings. The number of sulfonamides is 1. The fraction of sp³-hybridized carbons (Fsp3) is 0.192. The molecule has 4 aromatic rings. The van der Waals surface area contributed by atoms with Crippen LogP contribution >= 0.6 is 11.6 Å². The Labute approximate surface area is 198 Å². The highest BCUT2D eigenvalue weighted by Gasteiger charge is 2.24. The van der Waals surface area contributed by atoms with Crippen LogP contribution in [-0.4, -0.2) is 30.5 Å². The number of halogens is 1. The smallest absolute Gasteiger partial charge is 0.228 e. The van der Waals surface area contributed by atoms with Crippen LogP contribution in [0.1, 0.15) is 22.3 Å². The Morgan fingerprint density at radius 2 is 1.88 bits per heavy atom. The van der Waals surface area contributed by atoms with Crippen LogP contribution in [0.2, 0.25) is 5.02 Å². The van der Waals surface area contributed by atoms with Gasteiger partial charge in [-0.1, -0.05) is 66.2 Å². The minimum absolute atomic E-state index is 0.423. The van der Waals surface area contributed by atoms with Gasteiger partial charge in [0, 0.05) is 18.7 Å². The molecular formula is C26H23ClN2O3S. The molecular weight excluding hydrogens is 456 g/mol. The number of rotatable bonds is 5. The molecule has 33 heavy (non-hydrogen) atoms. The minimum Gasteiger partial charge on any atom is -0.444 e. The third-order valence-electron chi connectivity index (χ3n) is 6.03. The SMILES string of the molecule is CS(=O)(=O)N1CCc2c(Cc3ccc(Cl)c(-c4nc(-c5ccccc5)co4)c3)cccc2C1. The van der Waals surface area contributed by atoms with Crippen LogP contribution in [-0.2, 0) is 29.4 Å². The average Bonchev–Trinajstić information content (AvgIpc) is 3.30. The van der Waals surface area contributed by atoms with Crippen molar-refractivity contribution in [3.05, 3.63) is 100 Å². The van der Waals surface area contributed by atoms with Crippen molar-refractivity contribution >= 4 is 21.6 Å². The predicted octanol–water partition coefficient (Wildman–Crippen LogP) is 5.57. The van der Waals surface area contributed by atoms with E-state index >= 15 is 0 Å². The maximum atomic E-state index is 12.0.